The molecule has 0 fully saturated rings. The monoisotopic (exact) mass is 273 g/mol. The molecular formula is C14H15N3OS. The fraction of sp³-hybridized carbons (Fsp3) is 0.214. The molecule has 0 spiro atoms. The Bertz CT molecular complexity index is 598. The van der Waals surface area contributed by atoms with Gasteiger partial charge in [-0.3, -0.25) is 0 Å². The van der Waals surface area contributed by atoms with Crippen LogP contribution < -0.4 is 5.32 Å². The molecule has 0 atom stereocenters. The molecule has 4 nitrogen and oxygen atoms in total. The van der Waals surface area contributed by atoms with Crippen LogP contribution in [0, 0.1) is 0 Å². The van der Waals surface area contributed by atoms with Gasteiger partial charge in [-0.25, -0.2) is 4.98 Å². The third kappa shape index (κ3) is 2.94. The van der Waals surface area contributed by atoms with Crippen molar-refractivity contribution >= 4 is 11.3 Å². The number of aromatic nitrogens is 2. The highest BCUT2D eigenvalue weighted by Gasteiger charge is 2.06. The van der Waals surface area contributed by atoms with E-state index in [2.05, 4.69) is 32.4 Å². The van der Waals surface area contributed by atoms with Gasteiger partial charge in [-0.2, -0.15) is 0 Å². The van der Waals surface area contributed by atoms with E-state index >= 15 is 0 Å². The Hall–Kier alpha value is -1.85. The molecule has 5 heteroatoms. The Morgan fingerprint density at radius 3 is 3.16 bits per heavy atom. The predicted molar refractivity (Wildman–Crippen MR) is 76.0 cm³/mol. The van der Waals surface area contributed by atoms with Gasteiger partial charge >= 0.3 is 0 Å². The maximum absolute atomic E-state index is 5.03. The molecule has 3 rings (SSSR count). The maximum atomic E-state index is 5.03. The van der Waals surface area contributed by atoms with Gasteiger partial charge in [0.25, 0.3) is 0 Å². The number of rotatable bonds is 6. The van der Waals surface area contributed by atoms with Crippen LogP contribution in [0.25, 0.3) is 10.7 Å². The van der Waals surface area contributed by atoms with E-state index in [1.807, 2.05) is 18.5 Å². The number of nitrogens with one attached hydrogen (secondary N) is 1. The molecule has 3 heterocycles. The highest BCUT2D eigenvalue weighted by Crippen LogP contribution is 2.22. The van der Waals surface area contributed by atoms with Gasteiger partial charge < -0.3 is 14.3 Å². The molecule has 98 valence electrons. The van der Waals surface area contributed by atoms with Crippen LogP contribution in [0.3, 0.4) is 0 Å². The van der Waals surface area contributed by atoms with Gasteiger partial charge in [-0.15, -0.1) is 11.3 Å². The quantitative estimate of drug-likeness (QED) is 0.702. The van der Waals surface area contributed by atoms with Gasteiger partial charge in [0.2, 0.25) is 0 Å². The largest absolute Gasteiger partial charge is 0.472 e. The lowest BCUT2D eigenvalue weighted by molar-refractivity contribution is 0.556. The molecular weight excluding hydrogens is 258 g/mol. The summed E-state index contributed by atoms with van der Waals surface area (Å²) in [5.74, 6) is 1.04. The third-order valence-corrected chi connectivity index (χ3v) is 3.76. The van der Waals surface area contributed by atoms with E-state index in [4.69, 9.17) is 4.42 Å². The second kappa shape index (κ2) is 5.86. The lowest BCUT2D eigenvalue weighted by Gasteiger charge is -2.07. The molecule has 0 aromatic carbocycles. The van der Waals surface area contributed by atoms with E-state index in [1.54, 1.807) is 23.9 Å². The van der Waals surface area contributed by atoms with E-state index in [1.165, 1.54) is 10.4 Å². The number of furan rings is 1. The Balaban J connectivity index is 1.55. The van der Waals surface area contributed by atoms with E-state index in [9.17, 15) is 0 Å². The summed E-state index contributed by atoms with van der Waals surface area (Å²) in [6, 6.07) is 6.12. The second-order valence-electron chi connectivity index (χ2n) is 4.23. The Morgan fingerprint density at radius 2 is 2.37 bits per heavy atom. The van der Waals surface area contributed by atoms with Crippen LogP contribution in [0.5, 0.6) is 0 Å². The Morgan fingerprint density at radius 1 is 1.37 bits per heavy atom. The standard InChI is InChI=1S/C14H15N3OS/c1-2-13(19-9-1)14-16-5-7-17(14)6-4-15-10-12-3-8-18-11-12/h1-3,5,7-9,11,15H,4,6,10H2. The first kappa shape index (κ1) is 12.2. The Labute approximate surface area is 115 Å². The molecule has 3 aromatic rings. The van der Waals surface area contributed by atoms with Gasteiger partial charge in [0, 0.05) is 37.6 Å². The fourth-order valence-electron chi connectivity index (χ4n) is 1.95. The van der Waals surface area contributed by atoms with Crippen molar-refractivity contribution in [1.29, 1.82) is 0 Å². The van der Waals surface area contributed by atoms with Gasteiger partial charge in [-0.1, -0.05) is 6.07 Å². The Kier molecular flexibility index (Phi) is 3.76. The van der Waals surface area contributed by atoms with Gasteiger partial charge in [0.05, 0.1) is 17.4 Å². The average molecular weight is 273 g/mol. The second-order valence-corrected chi connectivity index (χ2v) is 5.18. The summed E-state index contributed by atoms with van der Waals surface area (Å²) in [5, 5.41) is 5.47. The van der Waals surface area contributed by atoms with Gasteiger partial charge in [-0.05, 0) is 17.5 Å². The zero-order valence-electron chi connectivity index (χ0n) is 10.5. The van der Waals surface area contributed by atoms with E-state index in [0.29, 0.717) is 0 Å². The molecule has 0 radical (unpaired) electrons. The summed E-state index contributed by atoms with van der Waals surface area (Å²) in [6.07, 6.45) is 7.34. The van der Waals surface area contributed by atoms with Crippen molar-refractivity contribution in [3.8, 4) is 10.7 Å². The van der Waals surface area contributed by atoms with Crippen LogP contribution in [0.1, 0.15) is 5.56 Å². The van der Waals surface area contributed by atoms with E-state index < -0.39 is 0 Å². The maximum Gasteiger partial charge on any atom is 0.150 e. The zero-order chi connectivity index (χ0) is 12.9. The van der Waals surface area contributed by atoms with Crippen LogP contribution in [0.15, 0.2) is 52.9 Å². The smallest absolute Gasteiger partial charge is 0.150 e. The topological polar surface area (TPSA) is 43.0 Å². The SMILES string of the molecule is c1csc(-c2nccn2CCNCc2ccoc2)c1. The first-order valence-corrected chi connectivity index (χ1v) is 7.08. The van der Waals surface area contributed by atoms with Crippen LogP contribution >= 0.6 is 11.3 Å². The summed E-state index contributed by atoms with van der Waals surface area (Å²) in [6.45, 7) is 2.64. The van der Waals surface area contributed by atoms with Crippen molar-refractivity contribution in [1.82, 2.24) is 14.9 Å². The summed E-state index contributed by atoms with van der Waals surface area (Å²) in [4.78, 5) is 5.63. The van der Waals surface area contributed by atoms with Crippen LogP contribution in [-0.2, 0) is 13.1 Å². The average Bonchev–Trinajstić information content (AvgIpc) is 3.15. The third-order valence-electron chi connectivity index (χ3n) is 2.90. The number of hydrogen-bond donors (Lipinski definition) is 1. The fourth-order valence-corrected chi connectivity index (χ4v) is 2.68. The lowest BCUT2D eigenvalue weighted by atomic mass is 10.3. The van der Waals surface area contributed by atoms with Crippen LogP contribution in [0.4, 0.5) is 0 Å². The first-order valence-electron chi connectivity index (χ1n) is 6.20. The molecule has 1 N–H and O–H groups in total. The van der Waals surface area contributed by atoms with Crippen molar-refractivity contribution in [2.75, 3.05) is 6.54 Å². The molecule has 0 amide bonds. The molecule has 0 saturated carbocycles. The van der Waals surface area contributed by atoms with Crippen LogP contribution in [-0.4, -0.2) is 16.1 Å². The molecule has 0 bridgehead atoms. The molecule has 19 heavy (non-hydrogen) atoms. The molecule has 0 aliphatic carbocycles. The lowest BCUT2D eigenvalue weighted by Crippen LogP contribution is -2.19. The zero-order valence-corrected chi connectivity index (χ0v) is 11.3. The van der Waals surface area contributed by atoms with Gasteiger partial charge in [0.1, 0.15) is 5.82 Å². The minimum atomic E-state index is 0.833. The van der Waals surface area contributed by atoms with E-state index in [0.717, 1.165) is 25.5 Å². The number of imidazole rings is 1. The van der Waals surface area contributed by atoms with Crippen molar-refractivity contribution in [3.05, 3.63) is 54.1 Å². The predicted octanol–water partition coefficient (Wildman–Crippen LogP) is 2.99. The summed E-state index contributed by atoms with van der Waals surface area (Å²) in [7, 11) is 0. The highest BCUT2D eigenvalue weighted by atomic mass is 32.1. The molecule has 3 aromatic heterocycles. The van der Waals surface area contributed by atoms with Crippen molar-refractivity contribution in [3.63, 3.8) is 0 Å². The molecule has 0 aliphatic rings. The minimum Gasteiger partial charge on any atom is -0.472 e. The molecule has 0 aliphatic heterocycles. The number of thiophene rings is 1. The minimum absolute atomic E-state index is 0.833. The first-order chi connectivity index (χ1) is 9.43. The van der Waals surface area contributed by atoms with E-state index in [-0.39, 0.29) is 0 Å². The van der Waals surface area contributed by atoms with Crippen molar-refractivity contribution in [2.24, 2.45) is 0 Å². The summed E-state index contributed by atoms with van der Waals surface area (Å²) < 4.78 is 7.21. The number of nitrogens with zero attached hydrogens (tertiary/aromatic N) is 2. The summed E-state index contributed by atoms with van der Waals surface area (Å²) >= 11 is 1.72. The molecule has 0 unspecified atom stereocenters. The van der Waals surface area contributed by atoms with Crippen molar-refractivity contribution in [2.45, 2.75) is 13.1 Å². The number of hydrogen-bond acceptors (Lipinski definition) is 4. The normalized spacial score (nSPS) is 10.9. The molecule has 0 saturated heterocycles. The van der Waals surface area contributed by atoms with Gasteiger partial charge in [0.15, 0.2) is 0 Å². The van der Waals surface area contributed by atoms with Crippen molar-refractivity contribution < 1.29 is 4.42 Å². The summed E-state index contributed by atoms with van der Waals surface area (Å²) in [5.41, 5.74) is 1.17. The van der Waals surface area contributed by atoms with Crippen LogP contribution in [0.2, 0.25) is 0 Å². The highest BCUT2D eigenvalue weighted by molar-refractivity contribution is 7.13.